The van der Waals surface area contributed by atoms with Crippen LogP contribution in [0.15, 0.2) is 18.2 Å². The van der Waals surface area contributed by atoms with Crippen LogP contribution in [0.1, 0.15) is 30.6 Å². The largest absolute Gasteiger partial charge is 0.382 e. The zero-order valence-corrected chi connectivity index (χ0v) is 12.3. The maximum absolute atomic E-state index is 12.0. The molecule has 1 amide bonds. The van der Waals surface area contributed by atoms with Gasteiger partial charge in [-0.15, -0.1) is 0 Å². The first-order valence-corrected chi connectivity index (χ1v) is 6.98. The van der Waals surface area contributed by atoms with Gasteiger partial charge in [0, 0.05) is 37.9 Å². The number of rotatable bonds is 9. The van der Waals surface area contributed by atoms with Gasteiger partial charge in [0.2, 0.25) is 0 Å². The Balaban J connectivity index is 2.67. The maximum Gasteiger partial charge on any atom is 0.292 e. The second kappa shape index (κ2) is 8.91. The lowest BCUT2D eigenvalue weighted by molar-refractivity contribution is -0.384. The van der Waals surface area contributed by atoms with Crippen LogP contribution in [0.2, 0.25) is 0 Å². The first kappa shape index (κ1) is 16.9. The summed E-state index contributed by atoms with van der Waals surface area (Å²) in [5.74, 6) is -0.249. The molecule has 21 heavy (non-hydrogen) atoms. The molecule has 1 aromatic rings. The first-order valence-electron chi connectivity index (χ1n) is 6.98. The summed E-state index contributed by atoms with van der Waals surface area (Å²) in [7, 11) is 0. The Bertz CT molecular complexity index is 491. The Morgan fingerprint density at radius 2 is 2.14 bits per heavy atom. The number of nitrogens with zero attached hydrogens (tertiary/aromatic N) is 1. The molecule has 0 radical (unpaired) electrons. The fourth-order valence-electron chi connectivity index (χ4n) is 1.79. The van der Waals surface area contributed by atoms with Gasteiger partial charge >= 0.3 is 0 Å². The molecule has 0 spiro atoms. The van der Waals surface area contributed by atoms with Crippen molar-refractivity contribution in [2.24, 2.45) is 0 Å². The summed E-state index contributed by atoms with van der Waals surface area (Å²) in [5.41, 5.74) is 0.710. The molecule has 1 aromatic carbocycles. The van der Waals surface area contributed by atoms with E-state index in [2.05, 4.69) is 10.6 Å². The minimum Gasteiger partial charge on any atom is -0.382 e. The second-order valence-electron chi connectivity index (χ2n) is 4.33. The molecule has 0 fully saturated rings. The fourth-order valence-corrected chi connectivity index (χ4v) is 1.79. The van der Waals surface area contributed by atoms with Crippen molar-refractivity contribution in [3.8, 4) is 0 Å². The average molecular weight is 295 g/mol. The predicted octanol–water partition coefficient (Wildman–Crippen LogP) is 2.18. The molecule has 0 bridgehead atoms. The molecule has 0 heterocycles. The Morgan fingerprint density at radius 1 is 1.38 bits per heavy atom. The van der Waals surface area contributed by atoms with E-state index in [1.807, 2.05) is 13.8 Å². The highest BCUT2D eigenvalue weighted by Gasteiger charge is 2.16. The fraction of sp³-hybridized carbons (Fsp3) is 0.500. The van der Waals surface area contributed by atoms with E-state index in [1.54, 1.807) is 0 Å². The van der Waals surface area contributed by atoms with Crippen molar-refractivity contribution in [2.45, 2.75) is 20.3 Å². The molecule has 0 unspecified atom stereocenters. The highest BCUT2D eigenvalue weighted by atomic mass is 16.6. The van der Waals surface area contributed by atoms with Crippen molar-refractivity contribution in [1.82, 2.24) is 5.32 Å². The Morgan fingerprint density at radius 3 is 2.76 bits per heavy atom. The van der Waals surface area contributed by atoms with Gasteiger partial charge in [-0.05, 0) is 32.4 Å². The van der Waals surface area contributed by atoms with Crippen LogP contribution in [-0.2, 0) is 4.74 Å². The van der Waals surface area contributed by atoms with Gasteiger partial charge in [0.05, 0.1) is 4.92 Å². The van der Waals surface area contributed by atoms with Crippen LogP contribution in [0.4, 0.5) is 11.4 Å². The summed E-state index contributed by atoms with van der Waals surface area (Å²) in [5, 5.41) is 16.6. The van der Waals surface area contributed by atoms with Crippen LogP contribution in [-0.4, -0.2) is 37.1 Å². The van der Waals surface area contributed by atoms with Gasteiger partial charge in [-0.1, -0.05) is 0 Å². The number of nitro groups is 1. The molecular formula is C14H21N3O4. The van der Waals surface area contributed by atoms with E-state index < -0.39 is 4.92 Å². The molecule has 1 rings (SSSR count). The van der Waals surface area contributed by atoms with Crippen molar-refractivity contribution < 1.29 is 14.5 Å². The normalized spacial score (nSPS) is 10.2. The quantitative estimate of drug-likeness (QED) is 0.414. The van der Waals surface area contributed by atoms with Crippen molar-refractivity contribution >= 4 is 17.3 Å². The van der Waals surface area contributed by atoms with Gasteiger partial charge in [0.15, 0.2) is 0 Å². The number of benzene rings is 1. The number of carbonyl (C=O) groups excluding carboxylic acids is 1. The number of hydrogen-bond acceptors (Lipinski definition) is 5. The minimum atomic E-state index is -0.470. The first-order chi connectivity index (χ1) is 10.1. The third-order valence-electron chi connectivity index (χ3n) is 2.78. The van der Waals surface area contributed by atoms with E-state index in [1.165, 1.54) is 18.2 Å². The molecule has 7 heteroatoms. The van der Waals surface area contributed by atoms with Crippen LogP contribution in [0.25, 0.3) is 0 Å². The van der Waals surface area contributed by atoms with E-state index in [-0.39, 0.29) is 11.6 Å². The van der Waals surface area contributed by atoms with E-state index in [4.69, 9.17) is 4.74 Å². The second-order valence-corrected chi connectivity index (χ2v) is 4.33. The number of anilines is 1. The van der Waals surface area contributed by atoms with Crippen LogP contribution >= 0.6 is 0 Å². The lowest BCUT2D eigenvalue weighted by Crippen LogP contribution is -2.25. The minimum absolute atomic E-state index is 0.0373. The number of nitro benzene ring substituents is 1. The molecule has 2 N–H and O–H groups in total. The Kier molecular flexibility index (Phi) is 7.17. The monoisotopic (exact) mass is 295 g/mol. The summed E-state index contributed by atoms with van der Waals surface area (Å²) in [4.78, 5) is 22.4. The highest BCUT2D eigenvalue weighted by molar-refractivity contribution is 5.95. The van der Waals surface area contributed by atoms with Gasteiger partial charge in [0.1, 0.15) is 5.69 Å². The molecule has 116 valence electrons. The van der Waals surface area contributed by atoms with E-state index in [0.29, 0.717) is 37.6 Å². The van der Waals surface area contributed by atoms with Gasteiger partial charge < -0.3 is 15.4 Å². The molecule has 0 aliphatic rings. The predicted molar refractivity (Wildman–Crippen MR) is 80.7 cm³/mol. The molecule has 0 aliphatic carbocycles. The molecular weight excluding hydrogens is 274 g/mol. The molecule has 7 nitrogen and oxygen atoms in total. The van der Waals surface area contributed by atoms with E-state index >= 15 is 0 Å². The van der Waals surface area contributed by atoms with Crippen LogP contribution < -0.4 is 10.6 Å². The standard InChI is InChI=1S/C14H21N3O4/c1-3-15-12-10-11(6-7-13(12)17(19)20)14(18)16-8-5-9-21-4-2/h6-7,10,15H,3-5,8-9H2,1-2H3,(H,16,18). The molecule has 0 aromatic heterocycles. The number of nitrogens with one attached hydrogen (secondary N) is 2. The zero-order chi connectivity index (χ0) is 15.7. The smallest absolute Gasteiger partial charge is 0.292 e. The number of hydrogen-bond donors (Lipinski definition) is 2. The summed E-state index contributed by atoms with van der Waals surface area (Å²) in [6, 6.07) is 4.30. The third kappa shape index (κ3) is 5.39. The average Bonchev–Trinajstić information content (AvgIpc) is 2.47. The Hall–Kier alpha value is -2.15. The van der Waals surface area contributed by atoms with Crippen LogP contribution in [0.5, 0.6) is 0 Å². The van der Waals surface area contributed by atoms with Crippen molar-refractivity contribution in [1.29, 1.82) is 0 Å². The third-order valence-corrected chi connectivity index (χ3v) is 2.78. The van der Waals surface area contributed by atoms with Crippen molar-refractivity contribution in [3.63, 3.8) is 0 Å². The number of carbonyl (C=O) groups is 1. The Labute approximate surface area is 123 Å². The number of amides is 1. The lowest BCUT2D eigenvalue weighted by Gasteiger charge is -2.08. The van der Waals surface area contributed by atoms with Crippen LogP contribution in [0.3, 0.4) is 0 Å². The van der Waals surface area contributed by atoms with Gasteiger partial charge in [0.25, 0.3) is 11.6 Å². The van der Waals surface area contributed by atoms with Gasteiger partial charge in [-0.3, -0.25) is 14.9 Å². The topological polar surface area (TPSA) is 93.5 Å². The summed E-state index contributed by atoms with van der Waals surface area (Å²) in [6.45, 7) is 6.05. The van der Waals surface area contributed by atoms with Crippen molar-refractivity contribution in [2.75, 3.05) is 31.6 Å². The van der Waals surface area contributed by atoms with Crippen molar-refractivity contribution in [3.05, 3.63) is 33.9 Å². The SMILES string of the molecule is CCNc1cc(C(=O)NCCCOCC)ccc1[N+](=O)[O-]. The zero-order valence-electron chi connectivity index (χ0n) is 12.3. The molecule has 0 saturated heterocycles. The highest BCUT2D eigenvalue weighted by Crippen LogP contribution is 2.25. The maximum atomic E-state index is 12.0. The lowest BCUT2D eigenvalue weighted by atomic mass is 10.1. The summed E-state index contributed by atoms with van der Waals surface area (Å²) in [6.07, 6.45) is 0.729. The van der Waals surface area contributed by atoms with Crippen LogP contribution in [0, 0.1) is 10.1 Å². The van der Waals surface area contributed by atoms with Gasteiger partial charge in [-0.25, -0.2) is 0 Å². The summed E-state index contributed by atoms with van der Waals surface area (Å²) < 4.78 is 5.18. The number of ether oxygens (including phenoxy) is 1. The molecule has 0 saturated carbocycles. The van der Waals surface area contributed by atoms with E-state index in [9.17, 15) is 14.9 Å². The van der Waals surface area contributed by atoms with Gasteiger partial charge in [-0.2, -0.15) is 0 Å². The summed E-state index contributed by atoms with van der Waals surface area (Å²) >= 11 is 0. The molecule has 0 atom stereocenters. The molecule has 0 aliphatic heterocycles. The van der Waals surface area contributed by atoms with E-state index in [0.717, 1.165) is 6.42 Å².